The number of rotatable bonds is 1. The van der Waals surface area contributed by atoms with Gasteiger partial charge in [-0.2, -0.15) is 0 Å². The zero-order valence-corrected chi connectivity index (χ0v) is 13.3. The van der Waals surface area contributed by atoms with Gasteiger partial charge >= 0.3 is 6.03 Å². The van der Waals surface area contributed by atoms with E-state index < -0.39 is 5.60 Å². The molecule has 0 bridgehead atoms. The number of anilines is 1. The number of amides is 2. The number of benzene rings is 1. The van der Waals surface area contributed by atoms with Crippen LogP contribution in [0, 0.1) is 5.82 Å². The minimum Gasteiger partial charge on any atom is -0.390 e. The molecule has 23 heavy (non-hydrogen) atoms. The van der Waals surface area contributed by atoms with Gasteiger partial charge in [-0.3, -0.25) is 0 Å². The van der Waals surface area contributed by atoms with Crippen molar-refractivity contribution >= 4 is 11.7 Å². The van der Waals surface area contributed by atoms with Crippen LogP contribution in [0.3, 0.4) is 0 Å². The predicted molar refractivity (Wildman–Crippen MR) is 84.8 cm³/mol. The summed E-state index contributed by atoms with van der Waals surface area (Å²) < 4.78 is 18.8. The Kier molecular flexibility index (Phi) is 4.29. The Morgan fingerprint density at radius 1 is 1.26 bits per heavy atom. The zero-order valence-electron chi connectivity index (χ0n) is 13.3. The molecule has 2 saturated heterocycles. The molecule has 1 atom stereocenters. The molecule has 2 aliphatic heterocycles. The van der Waals surface area contributed by atoms with Crippen LogP contribution in [-0.4, -0.2) is 46.9 Å². The van der Waals surface area contributed by atoms with Gasteiger partial charge in [-0.15, -0.1) is 0 Å². The number of ether oxygens (including phenoxy) is 1. The van der Waals surface area contributed by atoms with Gasteiger partial charge in [0.05, 0.1) is 17.8 Å². The van der Waals surface area contributed by atoms with Crippen LogP contribution in [0.4, 0.5) is 14.9 Å². The van der Waals surface area contributed by atoms with Crippen molar-refractivity contribution in [3.05, 3.63) is 30.1 Å². The fraction of sp³-hybridized carbons (Fsp3) is 0.588. The predicted octanol–water partition coefficient (Wildman–Crippen LogP) is 2.75. The van der Waals surface area contributed by atoms with Crippen molar-refractivity contribution in [1.29, 1.82) is 0 Å². The Bertz CT molecular complexity index is 566. The molecular formula is C17H23FN2O3. The SMILES string of the molecule is CC1(O)CCOC2(CCN(C(=O)Nc3ccc(F)cc3)CC2)C1. The van der Waals surface area contributed by atoms with Crippen molar-refractivity contribution in [3.63, 3.8) is 0 Å². The maximum atomic E-state index is 12.9. The lowest BCUT2D eigenvalue weighted by atomic mass is 9.78. The molecule has 6 heteroatoms. The fourth-order valence-corrected chi connectivity index (χ4v) is 3.50. The highest BCUT2D eigenvalue weighted by Crippen LogP contribution is 2.39. The van der Waals surface area contributed by atoms with Gasteiger partial charge in [0, 0.05) is 25.2 Å². The van der Waals surface area contributed by atoms with Crippen LogP contribution < -0.4 is 5.32 Å². The average molecular weight is 322 g/mol. The van der Waals surface area contributed by atoms with Gasteiger partial charge in [-0.25, -0.2) is 9.18 Å². The number of halogens is 1. The summed E-state index contributed by atoms with van der Waals surface area (Å²) in [5.74, 6) is -0.329. The number of hydrogen-bond donors (Lipinski definition) is 2. The summed E-state index contributed by atoms with van der Waals surface area (Å²) in [6.07, 6.45) is 2.72. The maximum absolute atomic E-state index is 12.9. The molecule has 126 valence electrons. The summed E-state index contributed by atoms with van der Waals surface area (Å²) in [5.41, 5.74) is -0.417. The Hall–Kier alpha value is -1.66. The van der Waals surface area contributed by atoms with Crippen LogP contribution >= 0.6 is 0 Å². The Morgan fingerprint density at radius 2 is 1.91 bits per heavy atom. The number of nitrogens with one attached hydrogen (secondary N) is 1. The molecule has 1 aromatic rings. The quantitative estimate of drug-likeness (QED) is 0.836. The van der Waals surface area contributed by atoms with Gasteiger partial charge in [0.1, 0.15) is 5.82 Å². The lowest BCUT2D eigenvalue weighted by Crippen LogP contribution is -2.54. The molecule has 0 radical (unpaired) electrons. The molecule has 1 spiro atoms. The van der Waals surface area contributed by atoms with E-state index in [1.165, 1.54) is 12.1 Å². The van der Waals surface area contributed by atoms with E-state index in [0.717, 1.165) is 12.8 Å². The number of likely N-dealkylation sites (tertiary alicyclic amines) is 1. The van der Waals surface area contributed by atoms with Crippen LogP contribution in [-0.2, 0) is 4.74 Å². The first kappa shape index (κ1) is 16.2. The summed E-state index contributed by atoms with van der Waals surface area (Å²) in [7, 11) is 0. The highest BCUT2D eigenvalue weighted by atomic mass is 19.1. The number of piperidine rings is 1. The number of carbonyl (C=O) groups is 1. The Labute approximate surface area is 135 Å². The topological polar surface area (TPSA) is 61.8 Å². The summed E-state index contributed by atoms with van der Waals surface area (Å²) in [6.45, 7) is 3.59. The fourth-order valence-electron chi connectivity index (χ4n) is 3.50. The number of carbonyl (C=O) groups excluding carboxylic acids is 1. The first-order chi connectivity index (χ1) is 10.9. The molecule has 2 amide bonds. The summed E-state index contributed by atoms with van der Waals surface area (Å²) in [4.78, 5) is 14.0. The van der Waals surface area contributed by atoms with E-state index in [0.29, 0.717) is 38.2 Å². The second-order valence-electron chi connectivity index (χ2n) is 6.88. The largest absolute Gasteiger partial charge is 0.390 e. The van der Waals surface area contributed by atoms with Gasteiger partial charge in [0.25, 0.3) is 0 Å². The van der Waals surface area contributed by atoms with E-state index in [4.69, 9.17) is 4.74 Å². The monoisotopic (exact) mass is 322 g/mol. The third-order valence-electron chi connectivity index (χ3n) is 4.81. The lowest BCUT2D eigenvalue weighted by Gasteiger charge is -2.48. The molecule has 2 heterocycles. The molecule has 2 N–H and O–H groups in total. The molecule has 2 aliphatic rings. The molecule has 2 fully saturated rings. The first-order valence-corrected chi connectivity index (χ1v) is 8.05. The van der Waals surface area contributed by atoms with Crippen molar-refractivity contribution in [2.45, 2.75) is 43.8 Å². The zero-order chi connectivity index (χ0) is 16.5. The maximum Gasteiger partial charge on any atom is 0.321 e. The minimum absolute atomic E-state index is 0.186. The summed E-state index contributed by atoms with van der Waals surface area (Å²) >= 11 is 0. The van der Waals surface area contributed by atoms with Gasteiger partial charge in [0.2, 0.25) is 0 Å². The lowest BCUT2D eigenvalue weighted by molar-refractivity contribution is -0.169. The van der Waals surface area contributed by atoms with Crippen LogP contribution in [0.2, 0.25) is 0 Å². The van der Waals surface area contributed by atoms with Crippen LogP contribution in [0.15, 0.2) is 24.3 Å². The highest BCUT2D eigenvalue weighted by Gasteiger charge is 2.44. The summed E-state index contributed by atoms with van der Waals surface area (Å²) in [5, 5.41) is 13.1. The van der Waals surface area contributed by atoms with E-state index in [-0.39, 0.29) is 17.4 Å². The number of nitrogens with zero attached hydrogens (tertiary/aromatic N) is 1. The summed E-state index contributed by atoms with van der Waals surface area (Å²) in [6, 6.07) is 5.53. The number of aliphatic hydroxyl groups is 1. The van der Waals surface area contributed by atoms with E-state index >= 15 is 0 Å². The third kappa shape index (κ3) is 3.82. The average Bonchev–Trinajstić information content (AvgIpc) is 2.49. The van der Waals surface area contributed by atoms with Crippen molar-refractivity contribution in [3.8, 4) is 0 Å². The highest BCUT2D eigenvalue weighted by molar-refractivity contribution is 5.89. The standard InChI is InChI=1S/C17H23FN2O3/c1-16(22)8-11-23-17(12-16)6-9-20(10-7-17)15(21)19-14-4-2-13(18)3-5-14/h2-5,22H,6-12H2,1H3,(H,19,21). The van der Waals surface area contributed by atoms with Crippen LogP contribution in [0.1, 0.15) is 32.6 Å². The normalized spacial score (nSPS) is 27.0. The van der Waals surface area contributed by atoms with E-state index in [2.05, 4.69) is 5.32 Å². The van der Waals surface area contributed by atoms with Crippen LogP contribution in [0.5, 0.6) is 0 Å². The number of hydrogen-bond acceptors (Lipinski definition) is 3. The smallest absolute Gasteiger partial charge is 0.321 e. The molecule has 1 unspecified atom stereocenters. The van der Waals surface area contributed by atoms with Crippen molar-refractivity contribution < 1.29 is 19.0 Å². The number of urea groups is 1. The van der Waals surface area contributed by atoms with E-state index in [9.17, 15) is 14.3 Å². The molecular weight excluding hydrogens is 299 g/mol. The van der Waals surface area contributed by atoms with E-state index in [1.807, 2.05) is 6.92 Å². The van der Waals surface area contributed by atoms with Crippen molar-refractivity contribution in [2.24, 2.45) is 0 Å². The van der Waals surface area contributed by atoms with Crippen molar-refractivity contribution in [1.82, 2.24) is 4.90 Å². The van der Waals surface area contributed by atoms with Gasteiger partial charge < -0.3 is 20.1 Å². The van der Waals surface area contributed by atoms with Gasteiger partial charge in [-0.05, 0) is 50.5 Å². The second-order valence-corrected chi connectivity index (χ2v) is 6.88. The first-order valence-electron chi connectivity index (χ1n) is 8.05. The third-order valence-corrected chi connectivity index (χ3v) is 4.81. The minimum atomic E-state index is -0.684. The Morgan fingerprint density at radius 3 is 2.52 bits per heavy atom. The van der Waals surface area contributed by atoms with Gasteiger partial charge in [0.15, 0.2) is 0 Å². The molecule has 0 aromatic heterocycles. The molecule has 3 rings (SSSR count). The van der Waals surface area contributed by atoms with Crippen LogP contribution in [0.25, 0.3) is 0 Å². The molecule has 1 aromatic carbocycles. The molecule has 0 saturated carbocycles. The van der Waals surface area contributed by atoms with Gasteiger partial charge in [-0.1, -0.05) is 0 Å². The van der Waals surface area contributed by atoms with E-state index in [1.54, 1.807) is 17.0 Å². The second kappa shape index (κ2) is 6.09. The molecule has 5 nitrogen and oxygen atoms in total. The Balaban J connectivity index is 1.56. The molecule has 0 aliphatic carbocycles. The van der Waals surface area contributed by atoms with Crippen molar-refractivity contribution in [2.75, 3.05) is 25.0 Å².